The molecule has 0 spiro atoms. The number of para-hydroxylation sites is 1. The van der Waals surface area contributed by atoms with E-state index in [0.29, 0.717) is 30.2 Å². The Bertz CT molecular complexity index is 384. The van der Waals surface area contributed by atoms with Crippen molar-refractivity contribution in [2.45, 2.75) is 25.8 Å². The monoisotopic (exact) mass is 271 g/mol. The van der Waals surface area contributed by atoms with Gasteiger partial charge in [-0.15, -0.1) is 0 Å². The summed E-state index contributed by atoms with van der Waals surface area (Å²) in [6, 6.07) is 7.01. The van der Waals surface area contributed by atoms with Gasteiger partial charge in [0.25, 0.3) is 0 Å². The lowest BCUT2D eigenvalue weighted by Crippen LogP contribution is -2.34. The number of halogens is 1. The van der Waals surface area contributed by atoms with Crippen LogP contribution in [0.2, 0.25) is 5.02 Å². The molecule has 1 aromatic carbocycles. The van der Waals surface area contributed by atoms with Gasteiger partial charge in [0, 0.05) is 12.5 Å². The van der Waals surface area contributed by atoms with E-state index in [0.717, 1.165) is 0 Å². The summed E-state index contributed by atoms with van der Waals surface area (Å²) in [6.45, 7) is 2.13. The number of aliphatic hydroxyl groups excluding tert-OH is 1. The second kappa shape index (κ2) is 7.95. The number of aliphatic hydroxyl groups is 1. The Morgan fingerprint density at radius 1 is 1.50 bits per heavy atom. The van der Waals surface area contributed by atoms with E-state index in [1.165, 1.54) is 0 Å². The maximum Gasteiger partial charge on any atom is 0.220 e. The zero-order valence-corrected chi connectivity index (χ0v) is 11.1. The molecule has 2 N–H and O–H groups in total. The predicted octanol–water partition coefficient (Wildman–Crippen LogP) is 2.00. The highest BCUT2D eigenvalue weighted by atomic mass is 35.5. The highest BCUT2D eigenvalue weighted by Crippen LogP contribution is 2.23. The number of benzene rings is 1. The summed E-state index contributed by atoms with van der Waals surface area (Å²) >= 11 is 5.92. The Kier molecular flexibility index (Phi) is 6.54. The van der Waals surface area contributed by atoms with Crippen molar-refractivity contribution in [2.24, 2.45) is 0 Å². The molecule has 0 aromatic heterocycles. The van der Waals surface area contributed by atoms with Crippen LogP contribution in [0.4, 0.5) is 0 Å². The van der Waals surface area contributed by atoms with E-state index in [2.05, 4.69) is 5.32 Å². The second-order valence-electron chi connectivity index (χ2n) is 4.03. The number of amides is 1. The van der Waals surface area contributed by atoms with Crippen molar-refractivity contribution in [3.05, 3.63) is 29.3 Å². The van der Waals surface area contributed by atoms with E-state index >= 15 is 0 Å². The first-order valence-corrected chi connectivity index (χ1v) is 6.29. The van der Waals surface area contributed by atoms with Gasteiger partial charge >= 0.3 is 0 Å². The molecular formula is C13H18ClNO3. The number of carbonyl (C=O) groups is 1. The van der Waals surface area contributed by atoms with E-state index in [1.807, 2.05) is 12.1 Å². The van der Waals surface area contributed by atoms with Gasteiger partial charge < -0.3 is 15.2 Å². The largest absolute Gasteiger partial charge is 0.492 e. The minimum atomic E-state index is -0.206. The van der Waals surface area contributed by atoms with Crippen molar-refractivity contribution in [2.75, 3.05) is 13.2 Å². The molecule has 1 amide bonds. The van der Waals surface area contributed by atoms with Crippen LogP contribution in [-0.4, -0.2) is 30.3 Å². The molecule has 4 nitrogen and oxygen atoms in total. The molecule has 5 heteroatoms. The Labute approximate surface area is 112 Å². The van der Waals surface area contributed by atoms with Gasteiger partial charge in [-0.3, -0.25) is 4.79 Å². The van der Waals surface area contributed by atoms with Crippen LogP contribution >= 0.6 is 11.6 Å². The molecule has 0 radical (unpaired) electrons. The van der Waals surface area contributed by atoms with Crippen molar-refractivity contribution in [3.8, 4) is 5.75 Å². The lowest BCUT2D eigenvalue weighted by molar-refractivity contribution is -0.122. The Morgan fingerprint density at radius 3 is 2.89 bits per heavy atom. The summed E-state index contributed by atoms with van der Waals surface area (Å²) in [4.78, 5) is 11.4. The molecule has 1 unspecified atom stereocenters. The number of ether oxygens (including phenoxy) is 1. The Hall–Kier alpha value is -1.26. The average Bonchev–Trinajstić information content (AvgIpc) is 2.36. The molecule has 1 atom stereocenters. The minimum absolute atomic E-state index is 0.0537. The van der Waals surface area contributed by atoms with E-state index in [9.17, 15) is 4.79 Å². The molecule has 1 rings (SSSR count). The van der Waals surface area contributed by atoms with Crippen molar-refractivity contribution in [1.82, 2.24) is 5.32 Å². The number of carbonyl (C=O) groups excluding carboxylic acids is 1. The average molecular weight is 272 g/mol. The molecule has 1 aromatic rings. The molecule has 0 fully saturated rings. The molecule has 0 saturated carbocycles. The van der Waals surface area contributed by atoms with Crippen LogP contribution < -0.4 is 10.1 Å². The maximum atomic E-state index is 11.4. The predicted molar refractivity (Wildman–Crippen MR) is 70.9 cm³/mol. The van der Waals surface area contributed by atoms with Crippen molar-refractivity contribution < 1.29 is 14.6 Å². The van der Waals surface area contributed by atoms with Crippen LogP contribution in [0, 0.1) is 0 Å². The molecule has 100 valence electrons. The van der Waals surface area contributed by atoms with Crippen LogP contribution in [0.25, 0.3) is 0 Å². The Morgan fingerprint density at radius 2 is 2.22 bits per heavy atom. The van der Waals surface area contributed by atoms with Gasteiger partial charge in [0.1, 0.15) is 5.75 Å². The summed E-state index contributed by atoms with van der Waals surface area (Å²) in [5, 5.41) is 12.0. The number of rotatable bonds is 7. The molecule has 0 aliphatic carbocycles. The third kappa shape index (κ3) is 5.38. The molecule has 0 bridgehead atoms. The van der Waals surface area contributed by atoms with Crippen LogP contribution in [0.15, 0.2) is 24.3 Å². The number of hydrogen-bond donors (Lipinski definition) is 2. The molecule has 0 aliphatic rings. The van der Waals surface area contributed by atoms with E-state index < -0.39 is 0 Å². The zero-order chi connectivity index (χ0) is 13.4. The zero-order valence-electron chi connectivity index (χ0n) is 10.4. The molecule has 0 heterocycles. The normalized spacial score (nSPS) is 11.9. The molecule has 0 aliphatic heterocycles. The number of nitrogens with one attached hydrogen (secondary N) is 1. The van der Waals surface area contributed by atoms with Crippen molar-refractivity contribution in [1.29, 1.82) is 0 Å². The Balaban J connectivity index is 2.19. The SMILES string of the molecule is CC(CO)NC(=O)CCCOc1ccccc1Cl. The highest BCUT2D eigenvalue weighted by molar-refractivity contribution is 6.32. The summed E-state index contributed by atoms with van der Waals surface area (Å²) in [5.74, 6) is 0.544. The van der Waals surface area contributed by atoms with E-state index in [4.69, 9.17) is 21.4 Å². The molecular weight excluding hydrogens is 254 g/mol. The fourth-order valence-corrected chi connectivity index (χ4v) is 1.56. The van der Waals surface area contributed by atoms with Gasteiger partial charge in [-0.1, -0.05) is 23.7 Å². The summed E-state index contributed by atoms with van der Waals surface area (Å²) < 4.78 is 5.46. The van der Waals surface area contributed by atoms with Gasteiger partial charge in [0.15, 0.2) is 0 Å². The topological polar surface area (TPSA) is 58.6 Å². The van der Waals surface area contributed by atoms with Gasteiger partial charge in [0.2, 0.25) is 5.91 Å². The van der Waals surface area contributed by atoms with Gasteiger partial charge in [-0.05, 0) is 25.5 Å². The lowest BCUT2D eigenvalue weighted by Gasteiger charge is -2.11. The maximum absolute atomic E-state index is 11.4. The molecule has 0 saturated heterocycles. The quantitative estimate of drug-likeness (QED) is 0.746. The van der Waals surface area contributed by atoms with Gasteiger partial charge in [-0.25, -0.2) is 0 Å². The standard InChI is InChI=1S/C13H18ClNO3/c1-10(9-16)15-13(17)7-4-8-18-12-6-3-2-5-11(12)14/h2-3,5-6,10,16H,4,7-9H2,1H3,(H,15,17). The first-order chi connectivity index (χ1) is 8.63. The van der Waals surface area contributed by atoms with E-state index in [-0.39, 0.29) is 18.6 Å². The summed E-state index contributed by atoms with van der Waals surface area (Å²) in [7, 11) is 0. The molecule has 18 heavy (non-hydrogen) atoms. The number of hydrogen-bond acceptors (Lipinski definition) is 3. The smallest absolute Gasteiger partial charge is 0.220 e. The third-order valence-electron chi connectivity index (χ3n) is 2.32. The highest BCUT2D eigenvalue weighted by Gasteiger charge is 2.06. The van der Waals surface area contributed by atoms with Crippen LogP contribution in [0.5, 0.6) is 5.75 Å². The fraction of sp³-hybridized carbons (Fsp3) is 0.462. The first-order valence-electron chi connectivity index (χ1n) is 5.91. The fourth-order valence-electron chi connectivity index (χ4n) is 1.37. The summed E-state index contributed by atoms with van der Waals surface area (Å²) in [5.41, 5.74) is 0. The summed E-state index contributed by atoms with van der Waals surface area (Å²) in [6.07, 6.45) is 0.976. The van der Waals surface area contributed by atoms with Crippen molar-refractivity contribution in [3.63, 3.8) is 0 Å². The third-order valence-corrected chi connectivity index (χ3v) is 2.64. The van der Waals surface area contributed by atoms with Crippen LogP contribution in [0.3, 0.4) is 0 Å². The van der Waals surface area contributed by atoms with Crippen molar-refractivity contribution >= 4 is 17.5 Å². The minimum Gasteiger partial charge on any atom is -0.492 e. The van der Waals surface area contributed by atoms with Gasteiger partial charge in [0.05, 0.1) is 18.2 Å². The van der Waals surface area contributed by atoms with Crippen LogP contribution in [0.1, 0.15) is 19.8 Å². The van der Waals surface area contributed by atoms with Gasteiger partial charge in [-0.2, -0.15) is 0 Å². The second-order valence-corrected chi connectivity index (χ2v) is 4.44. The van der Waals surface area contributed by atoms with E-state index in [1.54, 1.807) is 19.1 Å². The lowest BCUT2D eigenvalue weighted by atomic mass is 10.2. The van der Waals surface area contributed by atoms with Crippen LogP contribution in [-0.2, 0) is 4.79 Å². The first kappa shape index (κ1) is 14.8.